The number of amides is 3. The highest BCUT2D eigenvalue weighted by atomic mass is 79.9. The number of hydrazine groups is 1. The van der Waals surface area contributed by atoms with E-state index in [9.17, 15) is 19.2 Å². The molecule has 0 unspecified atom stereocenters. The van der Waals surface area contributed by atoms with Crippen LogP contribution >= 0.6 is 55.1 Å². The molecule has 0 spiro atoms. The van der Waals surface area contributed by atoms with Crippen molar-refractivity contribution < 1.29 is 19.2 Å². The predicted octanol–water partition coefficient (Wildman–Crippen LogP) is 5.54. The molecule has 1 aliphatic carbocycles. The average molecular weight is 631 g/mol. The van der Waals surface area contributed by atoms with E-state index in [-0.39, 0.29) is 25.3 Å². The van der Waals surface area contributed by atoms with Crippen molar-refractivity contribution in [3.63, 3.8) is 0 Å². The van der Waals surface area contributed by atoms with E-state index in [4.69, 9.17) is 23.2 Å². The smallest absolute Gasteiger partial charge is 0.273 e. The molecule has 1 saturated carbocycles. The van der Waals surface area contributed by atoms with E-state index in [1.54, 1.807) is 30.3 Å². The van der Waals surface area contributed by atoms with Crippen molar-refractivity contribution in [1.82, 2.24) is 10.0 Å². The molecule has 5 atom stereocenters. The van der Waals surface area contributed by atoms with E-state index < -0.39 is 41.4 Å². The van der Waals surface area contributed by atoms with Crippen LogP contribution in [0.25, 0.3) is 0 Å². The predicted molar refractivity (Wildman–Crippen MR) is 136 cm³/mol. The minimum atomic E-state index is -1.13. The number of carbonyl (C=O) groups is 4. The van der Waals surface area contributed by atoms with Gasteiger partial charge in [-0.15, -0.1) is 0 Å². The summed E-state index contributed by atoms with van der Waals surface area (Å²) in [4.78, 5) is 54.0. The maximum absolute atomic E-state index is 13.7. The molecule has 2 aliphatic rings. The Bertz CT molecular complexity index is 1130. The van der Waals surface area contributed by atoms with Gasteiger partial charge in [-0.3, -0.25) is 19.2 Å². The number of fused-ring (bicyclic) bond motifs is 1. The lowest BCUT2D eigenvalue weighted by atomic mass is 9.81. The summed E-state index contributed by atoms with van der Waals surface area (Å²) in [7, 11) is 0. The van der Waals surface area contributed by atoms with Crippen LogP contribution in [0.1, 0.15) is 40.5 Å². The van der Waals surface area contributed by atoms with Gasteiger partial charge in [0.25, 0.3) is 17.7 Å². The maximum Gasteiger partial charge on any atom is 0.273 e. The molecule has 6 nitrogen and oxygen atoms in total. The molecule has 0 N–H and O–H groups in total. The van der Waals surface area contributed by atoms with Gasteiger partial charge in [-0.25, -0.2) is 5.01 Å². The van der Waals surface area contributed by atoms with Gasteiger partial charge in [0, 0.05) is 20.8 Å². The Morgan fingerprint density at radius 1 is 0.912 bits per heavy atom. The topological polar surface area (TPSA) is 74.8 Å². The van der Waals surface area contributed by atoms with Gasteiger partial charge in [0.05, 0.1) is 21.9 Å². The number of hydrogen-bond donors (Lipinski definition) is 0. The zero-order valence-corrected chi connectivity index (χ0v) is 22.6. The van der Waals surface area contributed by atoms with Gasteiger partial charge in [0.2, 0.25) is 0 Å². The number of carbonyl (C=O) groups excluding carboxylic acids is 4. The minimum Gasteiger partial charge on any atom is -0.292 e. The highest BCUT2D eigenvalue weighted by Crippen LogP contribution is 2.44. The van der Waals surface area contributed by atoms with Gasteiger partial charge in [0.1, 0.15) is 6.04 Å². The Morgan fingerprint density at radius 2 is 1.47 bits per heavy atom. The van der Waals surface area contributed by atoms with Gasteiger partial charge in [-0.1, -0.05) is 85.4 Å². The number of nitrogens with zero attached hydrogens (tertiary/aromatic N) is 2. The number of benzene rings is 2. The quantitative estimate of drug-likeness (QED) is 0.247. The van der Waals surface area contributed by atoms with Crippen molar-refractivity contribution >= 4 is 78.6 Å². The zero-order valence-electron chi connectivity index (χ0n) is 18.0. The second-order valence-electron chi connectivity index (χ2n) is 8.39. The molecule has 3 amide bonds. The number of imide groups is 1. The Labute approximate surface area is 223 Å². The van der Waals surface area contributed by atoms with Gasteiger partial charge < -0.3 is 0 Å². The van der Waals surface area contributed by atoms with E-state index in [2.05, 4.69) is 31.9 Å². The second-order valence-corrected chi connectivity index (χ2v) is 11.6. The van der Waals surface area contributed by atoms with Gasteiger partial charge >= 0.3 is 0 Å². The summed E-state index contributed by atoms with van der Waals surface area (Å²) in [5.41, 5.74) is 0.466. The molecule has 2 aromatic carbocycles. The first-order valence-electron chi connectivity index (χ1n) is 10.7. The van der Waals surface area contributed by atoms with E-state index in [0.29, 0.717) is 18.4 Å². The molecule has 1 aliphatic heterocycles. The Balaban J connectivity index is 1.76. The molecule has 0 radical (unpaired) electrons. The summed E-state index contributed by atoms with van der Waals surface area (Å²) in [6.45, 7) is 1.51. The molecule has 1 heterocycles. The van der Waals surface area contributed by atoms with Crippen LogP contribution < -0.4 is 0 Å². The fraction of sp³-hybridized carbons (Fsp3) is 0.333. The Morgan fingerprint density at radius 3 is 2.00 bits per heavy atom. The second kappa shape index (κ2) is 10.1. The fourth-order valence-electron chi connectivity index (χ4n) is 4.45. The van der Waals surface area contributed by atoms with E-state index in [0.717, 1.165) is 10.0 Å². The van der Waals surface area contributed by atoms with Crippen LogP contribution in [0, 0.1) is 11.8 Å². The van der Waals surface area contributed by atoms with Crippen LogP contribution in [-0.2, 0) is 9.59 Å². The van der Waals surface area contributed by atoms with Crippen molar-refractivity contribution in [3.8, 4) is 0 Å². The van der Waals surface area contributed by atoms with Crippen LogP contribution in [0.2, 0.25) is 10.0 Å². The average Bonchev–Trinajstić information content (AvgIpc) is 3.05. The lowest BCUT2D eigenvalue weighted by Crippen LogP contribution is -2.56. The first kappa shape index (κ1) is 25.4. The van der Waals surface area contributed by atoms with Crippen LogP contribution in [0.15, 0.2) is 48.5 Å². The summed E-state index contributed by atoms with van der Waals surface area (Å²) in [6, 6.07) is 11.6. The first-order chi connectivity index (χ1) is 16.1. The molecule has 2 fully saturated rings. The monoisotopic (exact) mass is 628 g/mol. The van der Waals surface area contributed by atoms with Crippen LogP contribution in [0.3, 0.4) is 0 Å². The Kier molecular flexibility index (Phi) is 7.53. The third-order valence-electron chi connectivity index (χ3n) is 6.28. The number of alkyl halides is 2. The van der Waals surface area contributed by atoms with Crippen LogP contribution in [0.5, 0.6) is 0 Å². The molecular formula is C24H20Br2Cl2N2O4. The normalized spacial score (nSPS) is 25.1. The third-order valence-corrected chi connectivity index (χ3v) is 9.76. The summed E-state index contributed by atoms with van der Waals surface area (Å²) in [5.74, 6) is -3.22. The van der Waals surface area contributed by atoms with E-state index >= 15 is 0 Å². The molecule has 0 bridgehead atoms. The first-order valence-corrected chi connectivity index (χ1v) is 13.2. The molecule has 178 valence electrons. The van der Waals surface area contributed by atoms with Crippen molar-refractivity contribution in [2.45, 2.75) is 35.5 Å². The molecule has 10 heteroatoms. The van der Waals surface area contributed by atoms with Crippen molar-refractivity contribution in [3.05, 3.63) is 69.7 Å². The maximum atomic E-state index is 13.7. The summed E-state index contributed by atoms with van der Waals surface area (Å²) in [6.07, 6.45) is 0.884. The summed E-state index contributed by atoms with van der Waals surface area (Å²) in [5, 5.41) is 2.25. The van der Waals surface area contributed by atoms with Crippen molar-refractivity contribution in [2.75, 3.05) is 0 Å². The number of rotatable bonds is 5. The largest absolute Gasteiger partial charge is 0.292 e. The number of halogens is 4. The van der Waals surface area contributed by atoms with Crippen molar-refractivity contribution in [2.24, 2.45) is 11.8 Å². The number of Topliss-reactive ketones (excluding diaryl/α,β-unsaturated/α-hetero) is 1. The zero-order chi connectivity index (χ0) is 24.7. The van der Waals surface area contributed by atoms with Crippen LogP contribution in [0.4, 0.5) is 0 Å². The molecule has 4 rings (SSSR count). The van der Waals surface area contributed by atoms with E-state index in [1.807, 2.05) is 0 Å². The molecule has 1 saturated heterocycles. The summed E-state index contributed by atoms with van der Waals surface area (Å²) < 4.78 is 0. The fourth-order valence-corrected chi connectivity index (χ4v) is 5.98. The lowest BCUT2D eigenvalue weighted by molar-refractivity contribution is -0.156. The van der Waals surface area contributed by atoms with Gasteiger partial charge in [-0.2, -0.15) is 5.01 Å². The SMILES string of the molecule is C[C@H](C(=O)c1ccccc1)N(C(=O)c1ccc(Cl)c(Cl)c1)N1C(=O)[C@H]2C[C@H](Br)[C@@H](Br)C[C@H]2C1=O. The van der Waals surface area contributed by atoms with Gasteiger partial charge in [0.15, 0.2) is 5.78 Å². The summed E-state index contributed by atoms with van der Waals surface area (Å²) >= 11 is 19.3. The molecule has 2 aromatic rings. The highest BCUT2D eigenvalue weighted by molar-refractivity contribution is 9.12. The standard InChI is InChI=1S/C24H20Br2Cl2N2O4/c1-12(21(31)13-5-3-2-4-6-13)29(22(32)14-7-8-19(27)20(28)9-14)30-23(33)15-10-17(25)18(26)11-16(15)24(30)34/h2-9,12,15-18H,10-11H2,1H3/t12-,15-,16+,17+,18+/m1/s1. The molecule has 0 aromatic heterocycles. The lowest BCUT2D eigenvalue weighted by Gasteiger charge is -2.34. The minimum absolute atomic E-state index is 0.00745. The number of ketones is 1. The highest BCUT2D eigenvalue weighted by Gasteiger charge is 2.55. The van der Waals surface area contributed by atoms with E-state index in [1.165, 1.54) is 25.1 Å². The Hall–Kier alpha value is -1.74. The van der Waals surface area contributed by atoms with Crippen molar-refractivity contribution in [1.29, 1.82) is 0 Å². The van der Waals surface area contributed by atoms with Crippen LogP contribution in [-0.4, -0.2) is 49.2 Å². The third kappa shape index (κ3) is 4.57. The van der Waals surface area contributed by atoms with Gasteiger partial charge in [-0.05, 0) is 38.0 Å². The molecule has 34 heavy (non-hydrogen) atoms. The number of hydrogen-bond acceptors (Lipinski definition) is 4. The molecular weight excluding hydrogens is 611 g/mol.